The van der Waals surface area contributed by atoms with E-state index < -0.39 is 42.9 Å². The average Bonchev–Trinajstić information content (AvgIpc) is 2.93. The van der Waals surface area contributed by atoms with Crippen LogP contribution in [0.1, 0.15) is 53.3 Å². The number of hydrogen-bond donors (Lipinski definition) is 2. The molecule has 9 nitrogen and oxygen atoms in total. The molecule has 5 amide bonds. The summed E-state index contributed by atoms with van der Waals surface area (Å²) in [7, 11) is 0. The van der Waals surface area contributed by atoms with Crippen LogP contribution in [0.2, 0.25) is 10.0 Å². The quantitative estimate of drug-likeness (QED) is 0.504. The summed E-state index contributed by atoms with van der Waals surface area (Å²) in [6.07, 6.45) is 3.97. The number of hydrogen-bond acceptors (Lipinski definition) is 6. The van der Waals surface area contributed by atoms with Crippen LogP contribution in [0.3, 0.4) is 0 Å². The molecule has 2 unspecified atom stereocenters. The molecule has 3 rings (SSSR count). The molecule has 1 fully saturated rings. The van der Waals surface area contributed by atoms with Crippen molar-refractivity contribution in [2.24, 2.45) is 5.92 Å². The first kappa shape index (κ1) is 23.0. The smallest absolute Gasteiger partial charge is 0.326 e. The summed E-state index contributed by atoms with van der Waals surface area (Å²) in [6, 6.07) is 1.84. The molecule has 0 aromatic heterocycles. The molecule has 0 bridgehead atoms. The maximum Gasteiger partial charge on any atom is 0.326 e. The summed E-state index contributed by atoms with van der Waals surface area (Å²) < 4.78 is 4.79. The number of carbonyl (C=O) groups is 5. The molecule has 31 heavy (non-hydrogen) atoms. The second kappa shape index (κ2) is 9.65. The molecule has 1 aliphatic carbocycles. The first-order valence-corrected chi connectivity index (χ1v) is 10.5. The standard InChI is InChI=1S/C20H21Cl2N3O6/c1-10-4-2-3-5-15(10)23-20(30)24-16(26)9-31-17(27)8-25-18(28)11-6-13(21)14(22)7-12(11)19(25)29/h6-7,10,15H,2-5,8-9H2,1H3,(H2,23,24,26,30). The van der Waals surface area contributed by atoms with Crippen molar-refractivity contribution in [3.05, 3.63) is 33.3 Å². The lowest BCUT2D eigenvalue weighted by Crippen LogP contribution is -2.48. The van der Waals surface area contributed by atoms with Gasteiger partial charge >= 0.3 is 12.0 Å². The van der Waals surface area contributed by atoms with E-state index in [-0.39, 0.29) is 27.2 Å². The van der Waals surface area contributed by atoms with E-state index in [1.165, 1.54) is 12.1 Å². The van der Waals surface area contributed by atoms with Gasteiger partial charge in [0.1, 0.15) is 6.54 Å². The van der Waals surface area contributed by atoms with Crippen LogP contribution in [-0.4, -0.2) is 53.8 Å². The van der Waals surface area contributed by atoms with Gasteiger partial charge in [0.05, 0.1) is 21.2 Å². The first-order valence-electron chi connectivity index (χ1n) is 9.78. The number of halogens is 2. The molecule has 166 valence electrons. The van der Waals surface area contributed by atoms with Crippen LogP contribution in [0.4, 0.5) is 4.79 Å². The normalized spacial score (nSPS) is 20.3. The highest BCUT2D eigenvalue weighted by molar-refractivity contribution is 6.43. The third-order valence-corrected chi connectivity index (χ3v) is 6.07. The zero-order valence-electron chi connectivity index (χ0n) is 16.7. The van der Waals surface area contributed by atoms with Crippen LogP contribution in [-0.2, 0) is 14.3 Å². The van der Waals surface area contributed by atoms with Gasteiger partial charge in [-0.2, -0.15) is 0 Å². The van der Waals surface area contributed by atoms with E-state index in [9.17, 15) is 24.0 Å². The largest absolute Gasteiger partial charge is 0.454 e. The highest BCUT2D eigenvalue weighted by Crippen LogP contribution is 2.31. The number of amides is 5. The number of benzene rings is 1. The van der Waals surface area contributed by atoms with E-state index in [4.69, 9.17) is 27.9 Å². The highest BCUT2D eigenvalue weighted by atomic mass is 35.5. The molecular formula is C20H21Cl2N3O6. The Morgan fingerprint density at radius 3 is 2.23 bits per heavy atom. The molecule has 1 aliphatic heterocycles. The molecule has 0 saturated heterocycles. The van der Waals surface area contributed by atoms with Crippen LogP contribution in [0.15, 0.2) is 12.1 Å². The number of carbonyl (C=O) groups excluding carboxylic acids is 5. The summed E-state index contributed by atoms with van der Waals surface area (Å²) >= 11 is 11.7. The summed E-state index contributed by atoms with van der Waals surface area (Å²) in [5.41, 5.74) is 0.0529. The molecule has 1 aromatic carbocycles. The molecule has 0 radical (unpaired) electrons. The van der Waals surface area contributed by atoms with Gasteiger partial charge in [-0.05, 0) is 30.9 Å². The van der Waals surface area contributed by atoms with E-state index in [2.05, 4.69) is 10.6 Å². The second-order valence-corrected chi connectivity index (χ2v) is 8.37. The topological polar surface area (TPSA) is 122 Å². The van der Waals surface area contributed by atoms with Gasteiger partial charge in [0, 0.05) is 6.04 Å². The van der Waals surface area contributed by atoms with Crippen LogP contribution in [0.25, 0.3) is 0 Å². The number of urea groups is 1. The van der Waals surface area contributed by atoms with Crippen LogP contribution in [0, 0.1) is 5.92 Å². The average molecular weight is 470 g/mol. The predicted molar refractivity (Wildman–Crippen MR) is 111 cm³/mol. The van der Waals surface area contributed by atoms with Gasteiger partial charge in [0.25, 0.3) is 17.7 Å². The van der Waals surface area contributed by atoms with Crippen LogP contribution in [0.5, 0.6) is 0 Å². The van der Waals surface area contributed by atoms with Crippen molar-refractivity contribution < 1.29 is 28.7 Å². The minimum absolute atomic E-state index is 0.0140. The Morgan fingerprint density at radius 2 is 1.65 bits per heavy atom. The minimum Gasteiger partial charge on any atom is -0.454 e. The number of esters is 1. The molecular weight excluding hydrogens is 449 g/mol. The fraction of sp³-hybridized carbons (Fsp3) is 0.450. The van der Waals surface area contributed by atoms with E-state index in [0.29, 0.717) is 10.8 Å². The first-order chi connectivity index (χ1) is 14.7. The van der Waals surface area contributed by atoms with Crippen molar-refractivity contribution in [3.63, 3.8) is 0 Å². The fourth-order valence-corrected chi connectivity index (χ4v) is 3.97. The van der Waals surface area contributed by atoms with Crippen molar-refractivity contribution >= 4 is 52.9 Å². The molecule has 2 atom stereocenters. The van der Waals surface area contributed by atoms with Crippen molar-refractivity contribution in [1.29, 1.82) is 0 Å². The molecule has 0 spiro atoms. The monoisotopic (exact) mass is 469 g/mol. The van der Waals surface area contributed by atoms with E-state index >= 15 is 0 Å². The summed E-state index contributed by atoms with van der Waals surface area (Å²) in [5, 5.41) is 5.05. The fourth-order valence-electron chi connectivity index (χ4n) is 3.65. The summed E-state index contributed by atoms with van der Waals surface area (Å²) in [6.45, 7) is 0.614. The third kappa shape index (κ3) is 5.34. The van der Waals surface area contributed by atoms with E-state index in [1.807, 2.05) is 6.92 Å². The van der Waals surface area contributed by atoms with Crippen LogP contribution >= 0.6 is 23.2 Å². The van der Waals surface area contributed by atoms with Gasteiger partial charge in [-0.3, -0.25) is 29.4 Å². The molecule has 2 aliphatic rings. The van der Waals surface area contributed by atoms with Gasteiger partial charge in [-0.15, -0.1) is 0 Å². The van der Waals surface area contributed by atoms with Crippen molar-refractivity contribution in [3.8, 4) is 0 Å². The maximum atomic E-state index is 12.4. The predicted octanol–water partition coefficient (Wildman–Crippen LogP) is 2.54. The van der Waals surface area contributed by atoms with Gasteiger partial charge in [-0.25, -0.2) is 4.79 Å². The number of imide groups is 2. The molecule has 1 aromatic rings. The van der Waals surface area contributed by atoms with Crippen molar-refractivity contribution in [1.82, 2.24) is 15.5 Å². The Hall–Kier alpha value is -2.65. The molecule has 11 heteroatoms. The molecule has 1 heterocycles. The second-order valence-electron chi connectivity index (χ2n) is 7.56. The van der Waals surface area contributed by atoms with Crippen molar-refractivity contribution in [2.75, 3.05) is 13.2 Å². The van der Waals surface area contributed by atoms with Crippen LogP contribution < -0.4 is 10.6 Å². The van der Waals surface area contributed by atoms with Gasteiger partial charge in [0.2, 0.25) is 0 Å². The highest BCUT2D eigenvalue weighted by Gasteiger charge is 2.38. The summed E-state index contributed by atoms with van der Waals surface area (Å²) in [5.74, 6) is -2.93. The van der Waals surface area contributed by atoms with Crippen molar-refractivity contribution in [2.45, 2.75) is 38.6 Å². The number of rotatable bonds is 5. The number of ether oxygens (including phenoxy) is 1. The number of nitrogens with zero attached hydrogens (tertiary/aromatic N) is 1. The number of fused-ring (bicyclic) bond motifs is 1. The zero-order chi connectivity index (χ0) is 22.7. The van der Waals surface area contributed by atoms with E-state index in [1.54, 1.807) is 0 Å². The Morgan fingerprint density at radius 1 is 1.06 bits per heavy atom. The lowest BCUT2D eigenvalue weighted by molar-refractivity contribution is -0.148. The zero-order valence-corrected chi connectivity index (χ0v) is 18.2. The minimum atomic E-state index is -0.983. The Labute approximate surface area is 188 Å². The Balaban J connectivity index is 1.47. The number of nitrogens with one attached hydrogen (secondary N) is 2. The lowest BCUT2D eigenvalue weighted by atomic mass is 9.86. The Bertz CT molecular complexity index is 910. The van der Waals surface area contributed by atoms with E-state index in [0.717, 1.165) is 25.7 Å². The van der Waals surface area contributed by atoms with Gasteiger partial charge < -0.3 is 10.1 Å². The Kier molecular flexibility index (Phi) is 7.17. The lowest BCUT2D eigenvalue weighted by Gasteiger charge is -2.29. The molecule has 2 N–H and O–H groups in total. The summed E-state index contributed by atoms with van der Waals surface area (Å²) in [4.78, 5) is 61.3. The SMILES string of the molecule is CC1CCCCC1NC(=O)NC(=O)COC(=O)CN1C(=O)c2cc(Cl)c(Cl)cc2C1=O. The van der Waals surface area contributed by atoms with Gasteiger partial charge in [0.15, 0.2) is 6.61 Å². The van der Waals surface area contributed by atoms with Gasteiger partial charge in [-0.1, -0.05) is 43.0 Å². The molecule has 1 saturated carbocycles. The maximum absolute atomic E-state index is 12.4. The third-order valence-electron chi connectivity index (χ3n) is 5.34.